The van der Waals surface area contributed by atoms with E-state index in [2.05, 4.69) is 4.98 Å². The lowest BCUT2D eigenvalue weighted by atomic mass is 10.3. The predicted octanol–water partition coefficient (Wildman–Crippen LogP) is 5.20. The summed E-state index contributed by atoms with van der Waals surface area (Å²) >= 11 is 8.13. The lowest BCUT2D eigenvalue weighted by Gasteiger charge is -2.16. The largest absolute Gasteiger partial charge is 0.417 e. The Bertz CT molecular complexity index is 718. The van der Waals surface area contributed by atoms with Gasteiger partial charge in [0.2, 0.25) is 0 Å². The summed E-state index contributed by atoms with van der Waals surface area (Å²) in [7, 11) is 1.42. The Morgan fingerprint density at radius 1 is 1.43 bits per heavy atom. The van der Waals surface area contributed by atoms with Crippen LogP contribution in [-0.2, 0) is 6.18 Å². The van der Waals surface area contributed by atoms with Crippen LogP contribution in [0.5, 0.6) is 0 Å². The van der Waals surface area contributed by atoms with E-state index in [-0.39, 0.29) is 10.7 Å². The van der Waals surface area contributed by atoms with Gasteiger partial charge in [0, 0.05) is 23.5 Å². The number of alkyl halides is 3. The Morgan fingerprint density at radius 2 is 2.13 bits per heavy atom. The second-order valence-corrected chi connectivity index (χ2v) is 7.10. The van der Waals surface area contributed by atoms with E-state index in [0.717, 1.165) is 27.7 Å². The van der Waals surface area contributed by atoms with Crippen LogP contribution in [-0.4, -0.2) is 23.7 Å². The van der Waals surface area contributed by atoms with Crippen LogP contribution in [0.4, 0.5) is 18.2 Å². The Balaban J connectivity index is 2.31. The maximum absolute atomic E-state index is 12.7. The van der Waals surface area contributed by atoms with E-state index < -0.39 is 17.6 Å². The Kier molecular flexibility index (Phi) is 5.59. The number of thioether (sulfide) groups is 1. The van der Waals surface area contributed by atoms with Crippen molar-refractivity contribution in [3.05, 3.63) is 40.0 Å². The van der Waals surface area contributed by atoms with Crippen molar-refractivity contribution in [2.24, 2.45) is 0 Å². The molecule has 0 saturated heterocycles. The molecule has 2 heterocycles. The lowest BCUT2D eigenvalue weighted by molar-refractivity contribution is -0.137. The predicted molar refractivity (Wildman–Crippen MR) is 87.7 cm³/mol. The summed E-state index contributed by atoms with van der Waals surface area (Å²) in [5, 5.41) is 1.58. The van der Waals surface area contributed by atoms with Gasteiger partial charge in [-0.2, -0.15) is 13.2 Å². The Labute approximate surface area is 144 Å². The van der Waals surface area contributed by atoms with Gasteiger partial charge in [-0.05, 0) is 17.9 Å². The number of thiophene rings is 1. The van der Waals surface area contributed by atoms with Gasteiger partial charge in [-0.15, -0.1) is 23.1 Å². The van der Waals surface area contributed by atoms with E-state index in [1.54, 1.807) is 6.07 Å². The van der Waals surface area contributed by atoms with E-state index in [1.165, 1.54) is 25.0 Å². The summed E-state index contributed by atoms with van der Waals surface area (Å²) in [6.45, 7) is 1.92. The summed E-state index contributed by atoms with van der Waals surface area (Å²) in [5.41, 5.74) is -0.602. The van der Waals surface area contributed by atoms with E-state index in [9.17, 15) is 18.0 Å². The number of hydrogen-bond acceptors (Lipinski definition) is 4. The molecule has 9 heteroatoms. The highest BCUT2D eigenvalue weighted by atomic mass is 35.5. The van der Waals surface area contributed by atoms with Crippen molar-refractivity contribution in [3.8, 4) is 0 Å². The third kappa shape index (κ3) is 4.19. The van der Waals surface area contributed by atoms with Crippen LogP contribution in [0.3, 0.4) is 0 Å². The molecule has 0 fully saturated rings. The van der Waals surface area contributed by atoms with Crippen LogP contribution in [0.25, 0.3) is 0 Å². The number of rotatable bonds is 4. The fourth-order valence-corrected chi connectivity index (χ4v) is 3.66. The molecule has 2 aromatic heterocycles. The first-order valence-electron chi connectivity index (χ1n) is 6.46. The van der Waals surface area contributed by atoms with Crippen LogP contribution in [0.2, 0.25) is 5.02 Å². The van der Waals surface area contributed by atoms with Gasteiger partial charge >= 0.3 is 6.18 Å². The van der Waals surface area contributed by atoms with Gasteiger partial charge < -0.3 is 4.90 Å². The summed E-state index contributed by atoms with van der Waals surface area (Å²) in [6, 6.07) is 2.57. The van der Waals surface area contributed by atoms with Crippen molar-refractivity contribution < 1.29 is 18.0 Å². The molecule has 2 aromatic rings. The van der Waals surface area contributed by atoms with Crippen molar-refractivity contribution in [1.29, 1.82) is 0 Å². The minimum absolute atomic E-state index is 0.172. The molecule has 1 amide bonds. The molecule has 0 saturated carbocycles. The molecule has 0 aliphatic carbocycles. The second kappa shape index (κ2) is 7.11. The van der Waals surface area contributed by atoms with Crippen molar-refractivity contribution in [1.82, 2.24) is 4.98 Å². The summed E-state index contributed by atoms with van der Waals surface area (Å²) < 4.78 is 38.0. The zero-order valence-corrected chi connectivity index (χ0v) is 14.5. The summed E-state index contributed by atoms with van der Waals surface area (Å²) in [5.74, 6) is 0.233. The fraction of sp³-hybridized carbons (Fsp3) is 0.286. The van der Waals surface area contributed by atoms with Crippen LogP contribution in [0.15, 0.2) is 28.6 Å². The SMILES string of the molecule is CCSc1cc(Cl)cnc1C(=O)N(C)c1cc(C(F)(F)F)cs1. The molecule has 0 aliphatic heterocycles. The van der Waals surface area contributed by atoms with Gasteiger partial charge in [0.15, 0.2) is 0 Å². The smallest absolute Gasteiger partial charge is 0.301 e. The molecule has 0 bridgehead atoms. The van der Waals surface area contributed by atoms with Crippen molar-refractivity contribution in [2.75, 3.05) is 17.7 Å². The number of hydrogen-bond donors (Lipinski definition) is 0. The average Bonchev–Trinajstić information content (AvgIpc) is 2.96. The van der Waals surface area contributed by atoms with Gasteiger partial charge in [-0.25, -0.2) is 4.98 Å². The van der Waals surface area contributed by atoms with Gasteiger partial charge in [-0.3, -0.25) is 4.79 Å². The second-order valence-electron chi connectivity index (χ2n) is 4.47. The number of anilines is 1. The van der Waals surface area contributed by atoms with Gasteiger partial charge in [0.1, 0.15) is 5.69 Å². The molecular weight excluding hydrogens is 369 g/mol. The van der Waals surface area contributed by atoms with Crippen molar-refractivity contribution >= 4 is 45.6 Å². The normalized spacial score (nSPS) is 11.6. The molecule has 2 rings (SSSR count). The van der Waals surface area contributed by atoms with Crippen molar-refractivity contribution in [2.45, 2.75) is 18.0 Å². The number of aromatic nitrogens is 1. The van der Waals surface area contributed by atoms with Crippen LogP contribution >= 0.6 is 34.7 Å². The highest BCUT2D eigenvalue weighted by Crippen LogP contribution is 2.36. The maximum atomic E-state index is 12.7. The molecule has 0 unspecified atom stereocenters. The molecule has 23 heavy (non-hydrogen) atoms. The summed E-state index contributed by atoms with van der Waals surface area (Å²) in [4.78, 5) is 18.3. The molecular formula is C14H12ClF3N2OS2. The molecule has 0 aromatic carbocycles. The molecule has 0 radical (unpaired) electrons. The van der Waals surface area contributed by atoms with E-state index in [4.69, 9.17) is 11.6 Å². The first-order valence-corrected chi connectivity index (χ1v) is 8.70. The maximum Gasteiger partial charge on any atom is 0.417 e. The van der Waals surface area contributed by atoms with Gasteiger partial charge in [0.05, 0.1) is 15.6 Å². The zero-order chi connectivity index (χ0) is 17.2. The lowest BCUT2D eigenvalue weighted by Crippen LogP contribution is -2.27. The van der Waals surface area contributed by atoms with Crippen molar-refractivity contribution in [3.63, 3.8) is 0 Å². The molecule has 0 N–H and O–H groups in total. The van der Waals surface area contributed by atoms with Crippen LogP contribution in [0, 0.1) is 0 Å². The number of amides is 1. The van der Waals surface area contributed by atoms with Gasteiger partial charge in [0.25, 0.3) is 5.91 Å². The standard InChI is InChI=1S/C14H12ClF3N2OS2/c1-3-22-10-5-9(15)6-19-12(10)13(21)20(2)11-4-8(7-23-11)14(16,17)18/h4-7H,3H2,1-2H3. The number of nitrogens with zero attached hydrogens (tertiary/aromatic N) is 2. The van der Waals surface area contributed by atoms with Gasteiger partial charge in [-0.1, -0.05) is 18.5 Å². The molecule has 0 spiro atoms. The van der Waals surface area contributed by atoms with E-state index in [0.29, 0.717) is 15.7 Å². The molecule has 0 aliphatic rings. The van der Waals surface area contributed by atoms with E-state index in [1.807, 2.05) is 6.92 Å². The minimum Gasteiger partial charge on any atom is -0.301 e. The Hall–Kier alpha value is -1.25. The average molecular weight is 381 g/mol. The number of carbonyl (C=O) groups excluding carboxylic acids is 1. The van der Waals surface area contributed by atoms with Crippen LogP contribution in [0.1, 0.15) is 23.0 Å². The summed E-state index contributed by atoms with van der Waals surface area (Å²) in [6.07, 6.45) is -3.09. The monoisotopic (exact) mass is 380 g/mol. The number of pyridine rings is 1. The Morgan fingerprint density at radius 3 is 2.70 bits per heavy atom. The molecule has 124 valence electrons. The highest BCUT2D eigenvalue weighted by molar-refractivity contribution is 7.99. The number of halogens is 4. The third-order valence-corrected chi connectivity index (χ3v) is 4.99. The first-order chi connectivity index (χ1) is 10.7. The third-order valence-electron chi connectivity index (χ3n) is 2.87. The molecule has 3 nitrogen and oxygen atoms in total. The fourth-order valence-electron chi connectivity index (χ4n) is 1.76. The first kappa shape index (κ1) is 18.1. The van der Waals surface area contributed by atoms with Crippen LogP contribution < -0.4 is 4.90 Å². The minimum atomic E-state index is -4.43. The topological polar surface area (TPSA) is 33.2 Å². The quantitative estimate of drug-likeness (QED) is 0.683. The highest BCUT2D eigenvalue weighted by Gasteiger charge is 2.32. The van der Waals surface area contributed by atoms with E-state index >= 15 is 0 Å². The number of carbonyl (C=O) groups is 1. The molecule has 0 atom stereocenters. The zero-order valence-electron chi connectivity index (χ0n) is 12.1.